The van der Waals surface area contributed by atoms with Gasteiger partial charge in [-0.1, -0.05) is 60.9 Å². The molecule has 1 amide bonds. The van der Waals surface area contributed by atoms with Gasteiger partial charge in [-0.3, -0.25) is 4.79 Å². The Labute approximate surface area is 148 Å². The smallest absolute Gasteiger partial charge is 0.230 e. The number of carbonyl (C=O) groups is 1. The minimum atomic E-state index is 0.122. The highest BCUT2D eigenvalue weighted by atomic mass is 32.2. The lowest BCUT2D eigenvalue weighted by Crippen LogP contribution is -2.37. The number of amides is 1. The van der Waals surface area contributed by atoms with E-state index in [-0.39, 0.29) is 5.91 Å². The lowest BCUT2D eigenvalue weighted by Gasteiger charge is -2.22. The maximum absolute atomic E-state index is 12.1. The summed E-state index contributed by atoms with van der Waals surface area (Å²) in [7, 11) is 0. The Morgan fingerprint density at radius 3 is 2.75 bits per heavy atom. The molecule has 0 saturated heterocycles. The summed E-state index contributed by atoms with van der Waals surface area (Å²) < 4.78 is 2.10. The van der Waals surface area contributed by atoms with Crippen molar-refractivity contribution in [1.82, 2.24) is 14.9 Å². The Balaban J connectivity index is 1.51. The van der Waals surface area contributed by atoms with Crippen molar-refractivity contribution in [3.05, 3.63) is 47.8 Å². The van der Waals surface area contributed by atoms with E-state index in [1.54, 1.807) is 6.20 Å². The molecule has 24 heavy (non-hydrogen) atoms. The van der Waals surface area contributed by atoms with Gasteiger partial charge in [0, 0.05) is 25.0 Å². The van der Waals surface area contributed by atoms with E-state index in [2.05, 4.69) is 46.1 Å². The second kappa shape index (κ2) is 8.38. The van der Waals surface area contributed by atoms with E-state index in [9.17, 15) is 4.79 Å². The van der Waals surface area contributed by atoms with Crippen LogP contribution in [0.3, 0.4) is 0 Å². The van der Waals surface area contributed by atoms with Crippen LogP contribution < -0.4 is 5.32 Å². The predicted octanol–water partition coefficient (Wildman–Crippen LogP) is 3.78. The largest absolute Gasteiger partial charge is 0.353 e. The number of thioether (sulfide) groups is 1. The molecule has 1 aliphatic carbocycles. The van der Waals surface area contributed by atoms with Crippen molar-refractivity contribution in [1.29, 1.82) is 0 Å². The molecule has 1 aromatic heterocycles. The quantitative estimate of drug-likeness (QED) is 0.812. The van der Waals surface area contributed by atoms with Gasteiger partial charge in [0.25, 0.3) is 0 Å². The van der Waals surface area contributed by atoms with E-state index in [1.165, 1.54) is 42.2 Å². The van der Waals surface area contributed by atoms with Crippen LogP contribution in [-0.2, 0) is 11.3 Å². The fourth-order valence-electron chi connectivity index (χ4n) is 3.09. The number of aromatic nitrogens is 2. The maximum Gasteiger partial charge on any atom is 0.230 e. The van der Waals surface area contributed by atoms with Crippen molar-refractivity contribution in [2.75, 3.05) is 5.75 Å². The van der Waals surface area contributed by atoms with Crippen LogP contribution >= 0.6 is 11.8 Å². The Bertz CT molecular complexity index is 660. The highest BCUT2D eigenvalue weighted by molar-refractivity contribution is 7.99. The third-order valence-corrected chi connectivity index (χ3v) is 5.46. The molecule has 0 bridgehead atoms. The van der Waals surface area contributed by atoms with Gasteiger partial charge in [-0.2, -0.15) is 0 Å². The number of nitrogens with zero attached hydrogens (tertiary/aromatic N) is 2. The number of aryl methyl sites for hydroxylation is 1. The molecule has 1 N–H and O–H groups in total. The van der Waals surface area contributed by atoms with Gasteiger partial charge in [-0.25, -0.2) is 4.98 Å². The zero-order valence-electron chi connectivity index (χ0n) is 14.2. The molecule has 1 heterocycles. The topological polar surface area (TPSA) is 46.9 Å². The Kier molecular flexibility index (Phi) is 5.96. The van der Waals surface area contributed by atoms with Gasteiger partial charge in [0.05, 0.1) is 5.75 Å². The first-order valence-corrected chi connectivity index (χ1v) is 9.68. The van der Waals surface area contributed by atoms with Crippen LogP contribution in [0.15, 0.2) is 41.8 Å². The lowest BCUT2D eigenvalue weighted by molar-refractivity contribution is -0.119. The average molecular weight is 343 g/mol. The van der Waals surface area contributed by atoms with Crippen LogP contribution in [0, 0.1) is 6.92 Å². The first kappa shape index (κ1) is 17.1. The fourth-order valence-corrected chi connectivity index (χ4v) is 3.86. The second-order valence-electron chi connectivity index (χ2n) is 6.51. The lowest BCUT2D eigenvalue weighted by atomic mass is 9.95. The van der Waals surface area contributed by atoms with Crippen molar-refractivity contribution < 1.29 is 4.79 Å². The van der Waals surface area contributed by atoms with Gasteiger partial charge < -0.3 is 9.88 Å². The number of rotatable bonds is 6. The van der Waals surface area contributed by atoms with Gasteiger partial charge in [0.1, 0.15) is 0 Å². The molecular weight excluding hydrogens is 318 g/mol. The van der Waals surface area contributed by atoms with Crippen LogP contribution in [0.25, 0.3) is 0 Å². The van der Waals surface area contributed by atoms with Crippen LogP contribution in [0.4, 0.5) is 0 Å². The van der Waals surface area contributed by atoms with Gasteiger partial charge in [0.15, 0.2) is 5.16 Å². The summed E-state index contributed by atoms with van der Waals surface area (Å²) in [6, 6.07) is 8.89. The molecule has 0 radical (unpaired) electrons. The van der Waals surface area contributed by atoms with E-state index in [0.717, 1.165) is 24.5 Å². The highest BCUT2D eigenvalue weighted by Gasteiger charge is 2.16. The molecule has 3 rings (SSSR count). The first-order valence-electron chi connectivity index (χ1n) is 8.69. The maximum atomic E-state index is 12.1. The second-order valence-corrected chi connectivity index (χ2v) is 7.46. The van der Waals surface area contributed by atoms with E-state index < -0.39 is 0 Å². The minimum absolute atomic E-state index is 0.122. The number of hydrogen-bond acceptors (Lipinski definition) is 3. The Hall–Kier alpha value is -1.75. The molecule has 0 aliphatic heterocycles. The summed E-state index contributed by atoms with van der Waals surface area (Å²) in [5, 5.41) is 4.06. The van der Waals surface area contributed by atoms with E-state index >= 15 is 0 Å². The molecule has 0 spiro atoms. The summed E-state index contributed by atoms with van der Waals surface area (Å²) in [5.74, 6) is 0.554. The zero-order chi connectivity index (χ0) is 16.8. The molecule has 2 aromatic rings. The van der Waals surface area contributed by atoms with Gasteiger partial charge in [-0.05, 0) is 25.3 Å². The zero-order valence-corrected chi connectivity index (χ0v) is 15.0. The third-order valence-electron chi connectivity index (χ3n) is 4.45. The van der Waals surface area contributed by atoms with Gasteiger partial charge in [0.2, 0.25) is 5.91 Å². The van der Waals surface area contributed by atoms with Crippen molar-refractivity contribution in [2.45, 2.75) is 56.8 Å². The summed E-state index contributed by atoms with van der Waals surface area (Å²) in [6.45, 7) is 2.88. The molecule has 4 nitrogen and oxygen atoms in total. The van der Waals surface area contributed by atoms with E-state index in [0.29, 0.717) is 11.8 Å². The summed E-state index contributed by atoms with van der Waals surface area (Å²) in [4.78, 5) is 16.5. The Morgan fingerprint density at radius 2 is 2.00 bits per heavy atom. The van der Waals surface area contributed by atoms with Gasteiger partial charge >= 0.3 is 0 Å². The highest BCUT2D eigenvalue weighted by Crippen LogP contribution is 2.19. The molecule has 1 aliphatic rings. The molecular formula is C19H25N3OS. The van der Waals surface area contributed by atoms with Crippen LogP contribution in [0.5, 0.6) is 0 Å². The molecule has 0 atom stereocenters. The van der Waals surface area contributed by atoms with E-state index in [4.69, 9.17) is 0 Å². The standard InChI is InChI=1S/C19H25N3OS/c1-15-7-9-16(10-8-15)13-22-12-11-20-19(22)24-14-18(23)21-17-5-3-2-4-6-17/h7-12,17H,2-6,13-14H2,1H3,(H,21,23). The van der Waals surface area contributed by atoms with Crippen molar-refractivity contribution in [3.63, 3.8) is 0 Å². The molecule has 5 heteroatoms. The molecule has 128 valence electrons. The Morgan fingerprint density at radius 1 is 1.25 bits per heavy atom. The normalized spacial score (nSPS) is 15.4. The van der Waals surface area contributed by atoms with E-state index in [1.807, 2.05) is 6.20 Å². The van der Waals surface area contributed by atoms with Crippen LogP contribution in [0.1, 0.15) is 43.2 Å². The van der Waals surface area contributed by atoms with Crippen LogP contribution in [0.2, 0.25) is 0 Å². The molecule has 1 fully saturated rings. The van der Waals surface area contributed by atoms with Gasteiger partial charge in [-0.15, -0.1) is 0 Å². The monoisotopic (exact) mass is 343 g/mol. The van der Waals surface area contributed by atoms with Crippen molar-refractivity contribution in [3.8, 4) is 0 Å². The summed E-state index contributed by atoms with van der Waals surface area (Å²) >= 11 is 1.51. The fraction of sp³-hybridized carbons (Fsp3) is 0.474. The van der Waals surface area contributed by atoms with Crippen molar-refractivity contribution >= 4 is 17.7 Å². The molecule has 0 unspecified atom stereocenters. The number of imidazole rings is 1. The predicted molar refractivity (Wildman–Crippen MR) is 98.2 cm³/mol. The third kappa shape index (κ3) is 4.87. The first-order chi connectivity index (χ1) is 11.7. The summed E-state index contributed by atoms with van der Waals surface area (Å²) in [6.07, 6.45) is 9.80. The number of benzene rings is 1. The average Bonchev–Trinajstić information content (AvgIpc) is 3.03. The number of hydrogen-bond donors (Lipinski definition) is 1. The number of nitrogens with one attached hydrogen (secondary N) is 1. The van der Waals surface area contributed by atoms with Crippen LogP contribution in [-0.4, -0.2) is 27.3 Å². The SMILES string of the molecule is Cc1ccc(Cn2ccnc2SCC(=O)NC2CCCCC2)cc1. The van der Waals surface area contributed by atoms with Crippen molar-refractivity contribution in [2.24, 2.45) is 0 Å². The molecule has 1 aromatic carbocycles. The summed E-state index contributed by atoms with van der Waals surface area (Å²) in [5.41, 5.74) is 2.51. The number of carbonyl (C=O) groups excluding carboxylic acids is 1. The molecule has 1 saturated carbocycles. The minimum Gasteiger partial charge on any atom is -0.353 e.